The molecule has 102 valence electrons. The monoisotopic (exact) mass is 270 g/mol. The van der Waals surface area contributed by atoms with Crippen molar-refractivity contribution < 1.29 is 8.42 Å². The molecule has 0 aromatic heterocycles. The Morgan fingerprint density at radius 3 is 2.28 bits per heavy atom. The van der Waals surface area contributed by atoms with Gasteiger partial charge in [0.25, 0.3) is 0 Å². The second kappa shape index (κ2) is 6.31. The van der Waals surface area contributed by atoms with E-state index in [1.165, 1.54) is 6.26 Å². The summed E-state index contributed by atoms with van der Waals surface area (Å²) in [5, 5.41) is 3.11. The summed E-state index contributed by atoms with van der Waals surface area (Å²) in [6.07, 6.45) is 1.23. The van der Waals surface area contributed by atoms with E-state index < -0.39 is 9.84 Å². The molecule has 0 bridgehead atoms. The molecule has 1 aromatic carbocycles. The molecule has 0 spiro atoms. The zero-order valence-corrected chi connectivity index (χ0v) is 12.3. The largest absolute Gasteiger partial charge is 0.318 e. The topological polar surface area (TPSA) is 49.4 Å². The van der Waals surface area contributed by atoms with Crippen molar-refractivity contribution in [2.45, 2.75) is 17.9 Å². The van der Waals surface area contributed by atoms with Crippen LogP contribution >= 0.6 is 0 Å². The van der Waals surface area contributed by atoms with Gasteiger partial charge in [0.2, 0.25) is 0 Å². The molecule has 1 atom stereocenters. The molecule has 0 amide bonds. The van der Waals surface area contributed by atoms with E-state index in [1.54, 1.807) is 12.1 Å². The van der Waals surface area contributed by atoms with Crippen LogP contribution in [-0.4, -0.2) is 46.8 Å². The van der Waals surface area contributed by atoms with Gasteiger partial charge in [-0.25, -0.2) is 8.42 Å². The number of sulfone groups is 1. The molecule has 0 aliphatic heterocycles. The molecule has 1 rings (SSSR count). The molecule has 0 radical (unpaired) electrons. The van der Waals surface area contributed by atoms with E-state index in [1.807, 2.05) is 19.2 Å². The maximum absolute atomic E-state index is 11.4. The van der Waals surface area contributed by atoms with Crippen molar-refractivity contribution in [2.75, 3.05) is 33.4 Å². The minimum atomic E-state index is -3.10. The summed E-state index contributed by atoms with van der Waals surface area (Å²) in [7, 11) is 0.889. The highest BCUT2D eigenvalue weighted by Gasteiger charge is 2.12. The van der Waals surface area contributed by atoms with E-state index in [-0.39, 0.29) is 6.04 Å². The van der Waals surface area contributed by atoms with E-state index in [0.717, 1.165) is 18.7 Å². The van der Waals surface area contributed by atoms with Crippen molar-refractivity contribution in [3.8, 4) is 0 Å². The SMILES string of the molecule is CNCCN(C)C(C)c1ccc(S(C)(=O)=O)cc1. The molecular formula is C13H22N2O2S. The fourth-order valence-corrected chi connectivity index (χ4v) is 2.36. The highest BCUT2D eigenvalue weighted by atomic mass is 32.2. The third kappa shape index (κ3) is 4.08. The van der Waals surface area contributed by atoms with Gasteiger partial charge >= 0.3 is 0 Å². The lowest BCUT2D eigenvalue weighted by atomic mass is 10.1. The maximum Gasteiger partial charge on any atom is 0.175 e. The molecule has 1 aromatic rings. The normalized spacial score (nSPS) is 13.8. The summed E-state index contributed by atoms with van der Waals surface area (Å²) in [5.74, 6) is 0. The minimum absolute atomic E-state index is 0.270. The Morgan fingerprint density at radius 1 is 1.28 bits per heavy atom. The van der Waals surface area contributed by atoms with Crippen LogP contribution in [0.3, 0.4) is 0 Å². The summed E-state index contributed by atoms with van der Waals surface area (Å²) in [5.41, 5.74) is 1.13. The molecule has 5 heteroatoms. The van der Waals surface area contributed by atoms with Crippen molar-refractivity contribution >= 4 is 9.84 Å². The molecule has 0 aliphatic rings. The Hall–Kier alpha value is -0.910. The van der Waals surface area contributed by atoms with Crippen LogP contribution < -0.4 is 5.32 Å². The zero-order valence-electron chi connectivity index (χ0n) is 11.5. The van der Waals surface area contributed by atoms with E-state index in [2.05, 4.69) is 24.2 Å². The Kier molecular flexibility index (Phi) is 5.31. The van der Waals surface area contributed by atoms with Crippen LogP contribution in [0.1, 0.15) is 18.5 Å². The van der Waals surface area contributed by atoms with Gasteiger partial charge in [0.15, 0.2) is 9.84 Å². The molecule has 1 unspecified atom stereocenters. The quantitative estimate of drug-likeness (QED) is 0.846. The average molecular weight is 270 g/mol. The van der Waals surface area contributed by atoms with Gasteiger partial charge in [0, 0.05) is 25.4 Å². The number of hydrogen-bond donors (Lipinski definition) is 1. The summed E-state index contributed by atoms with van der Waals surface area (Å²) in [4.78, 5) is 2.60. The van der Waals surface area contributed by atoms with Gasteiger partial charge in [-0.3, -0.25) is 4.90 Å². The van der Waals surface area contributed by atoms with Crippen molar-refractivity contribution in [3.63, 3.8) is 0 Å². The van der Waals surface area contributed by atoms with Crippen LogP contribution in [0.15, 0.2) is 29.2 Å². The number of benzene rings is 1. The van der Waals surface area contributed by atoms with E-state index in [0.29, 0.717) is 4.90 Å². The average Bonchev–Trinajstić information content (AvgIpc) is 2.34. The number of nitrogens with one attached hydrogen (secondary N) is 1. The minimum Gasteiger partial charge on any atom is -0.318 e. The molecule has 0 saturated carbocycles. The van der Waals surface area contributed by atoms with Gasteiger partial charge in [-0.1, -0.05) is 12.1 Å². The smallest absolute Gasteiger partial charge is 0.175 e. The summed E-state index contributed by atoms with van der Waals surface area (Å²) in [6.45, 7) is 4.00. The molecular weight excluding hydrogens is 248 g/mol. The van der Waals surface area contributed by atoms with E-state index in [9.17, 15) is 8.42 Å². The summed E-state index contributed by atoms with van der Waals surface area (Å²) in [6, 6.07) is 7.39. The first-order valence-electron chi connectivity index (χ1n) is 6.01. The summed E-state index contributed by atoms with van der Waals surface area (Å²) < 4.78 is 22.7. The highest BCUT2D eigenvalue weighted by Crippen LogP contribution is 2.20. The predicted molar refractivity (Wildman–Crippen MR) is 74.5 cm³/mol. The molecule has 4 nitrogen and oxygen atoms in total. The Bertz CT molecular complexity index is 468. The lowest BCUT2D eigenvalue weighted by molar-refractivity contribution is 0.263. The first kappa shape index (κ1) is 15.1. The molecule has 1 N–H and O–H groups in total. The van der Waals surface area contributed by atoms with Crippen LogP contribution in [0.4, 0.5) is 0 Å². The summed E-state index contributed by atoms with van der Waals surface area (Å²) >= 11 is 0. The fraction of sp³-hybridized carbons (Fsp3) is 0.538. The predicted octanol–water partition coefficient (Wildman–Crippen LogP) is 1.30. The number of nitrogens with zero attached hydrogens (tertiary/aromatic N) is 1. The van der Waals surface area contributed by atoms with Crippen LogP contribution in [0, 0.1) is 0 Å². The fourth-order valence-electron chi connectivity index (χ4n) is 1.73. The standard InChI is InChI=1S/C13H22N2O2S/c1-11(15(3)10-9-14-2)12-5-7-13(8-6-12)18(4,16)17/h5-8,11,14H,9-10H2,1-4H3. The number of likely N-dealkylation sites (N-methyl/N-ethyl adjacent to an activating group) is 2. The van der Waals surface area contributed by atoms with Gasteiger partial charge in [-0.15, -0.1) is 0 Å². The van der Waals surface area contributed by atoms with Gasteiger partial charge < -0.3 is 5.32 Å². The molecule has 0 heterocycles. The Balaban J connectivity index is 2.79. The van der Waals surface area contributed by atoms with Crippen LogP contribution in [0.25, 0.3) is 0 Å². The van der Waals surface area contributed by atoms with Gasteiger partial charge in [0.05, 0.1) is 4.90 Å². The number of rotatable bonds is 6. The van der Waals surface area contributed by atoms with Gasteiger partial charge in [0.1, 0.15) is 0 Å². The second-order valence-corrected chi connectivity index (χ2v) is 6.62. The first-order valence-corrected chi connectivity index (χ1v) is 7.90. The van der Waals surface area contributed by atoms with Crippen LogP contribution in [0.5, 0.6) is 0 Å². The molecule has 0 fully saturated rings. The van der Waals surface area contributed by atoms with Crippen molar-refractivity contribution in [3.05, 3.63) is 29.8 Å². The second-order valence-electron chi connectivity index (χ2n) is 4.60. The van der Waals surface area contributed by atoms with Gasteiger partial charge in [-0.2, -0.15) is 0 Å². The Labute approximate surface area is 110 Å². The maximum atomic E-state index is 11.4. The number of hydrogen-bond acceptors (Lipinski definition) is 4. The lowest BCUT2D eigenvalue weighted by Crippen LogP contribution is -2.29. The van der Waals surface area contributed by atoms with Crippen LogP contribution in [0.2, 0.25) is 0 Å². The third-order valence-electron chi connectivity index (χ3n) is 3.17. The molecule has 18 heavy (non-hydrogen) atoms. The first-order chi connectivity index (χ1) is 8.36. The Morgan fingerprint density at radius 2 is 1.83 bits per heavy atom. The molecule has 0 aliphatic carbocycles. The third-order valence-corrected chi connectivity index (χ3v) is 4.29. The molecule has 0 saturated heterocycles. The van der Waals surface area contributed by atoms with Gasteiger partial charge in [-0.05, 0) is 38.7 Å². The lowest BCUT2D eigenvalue weighted by Gasteiger charge is -2.25. The van der Waals surface area contributed by atoms with Crippen LogP contribution in [-0.2, 0) is 9.84 Å². The van der Waals surface area contributed by atoms with Crippen molar-refractivity contribution in [1.29, 1.82) is 0 Å². The van der Waals surface area contributed by atoms with E-state index in [4.69, 9.17) is 0 Å². The highest BCUT2D eigenvalue weighted by molar-refractivity contribution is 7.90. The van der Waals surface area contributed by atoms with Crippen molar-refractivity contribution in [2.24, 2.45) is 0 Å². The van der Waals surface area contributed by atoms with E-state index >= 15 is 0 Å². The van der Waals surface area contributed by atoms with Crippen molar-refractivity contribution in [1.82, 2.24) is 10.2 Å². The zero-order chi connectivity index (χ0) is 13.8.